The van der Waals surface area contributed by atoms with Crippen molar-refractivity contribution >= 4 is 66.5 Å². The first-order valence-electron chi connectivity index (χ1n) is 16.6. The maximum absolute atomic E-state index is 12.2. The van der Waals surface area contributed by atoms with Gasteiger partial charge in [0.1, 0.15) is 0 Å². The van der Waals surface area contributed by atoms with Crippen LogP contribution in [0.3, 0.4) is 0 Å². The van der Waals surface area contributed by atoms with Crippen molar-refractivity contribution in [1.29, 1.82) is 0 Å². The summed E-state index contributed by atoms with van der Waals surface area (Å²) in [6.45, 7) is 12.1. The van der Waals surface area contributed by atoms with Crippen LogP contribution in [0.2, 0.25) is 5.04 Å². The minimum absolute atomic E-state index is 0.0259. The van der Waals surface area contributed by atoms with Gasteiger partial charge in [-0.05, 0) is 127 Å². The molecule has 4 aliphatic rings. The Balaban J connectivity index is 1.30. The average molecular weight is 806 g/mol. The molecule has 44 heavy (non-hydrogen) atoms. The van der Waals surface area contributed by atoms with E-state index in [9.17, 15) is 5.11 Å². The fourth-order valence-electron chi connectivity index (χ4n) is 10.5. The third-order valence-corrected chi connectivity index (χ3v) is 19.5. The minimum Gasteiger partial charge on any atom is -0.401 e. The van der Waals surface area contributed by atoms with Crippen LogP contribution in [0, 0.1) is 34.5 Å². The Hall–Kier alpha value is -0.503. The van der Waals surface area contributed by atoms with Gasteiger partial charge in [0, 0.05) is 5.41 Å². The van der Waals surface area contributed by atoms with Crippen LogP contribution in [-0.4, -0.2) is 30.0 Å². The molecule has 2 aromatic rings. The van der Waals surface area contributed by atoms with Crippen molar-refractivity contribution in [2.45, 2.75) is 101 Å². The molecule has 2 nitrogen and oxygen atoms in total. The third-order valence-electron chi connectivity index (χ3n) is 12.8. The molecule has 9 atom stereocenters. The Morgan fingerprint density at radius 1 is 0.909 bits per heavy atom. The molecule has 0 amide bonds. The van der Waals surface area contributed by atoms with E-state index in [1.807, 2.05) is 0 Å². The monoisotopic (exact) mass is 802 g/mol. The van der Waals surface area contributed by atoms with Gasteiger partial charge in [0.15, 0.2) is 0 Å². The van der Waals surface area contributed by atoms with E-state index in [1.54, 1.807) is 0 Å². The lowest BCUT2D eigenvalue weighted by Crippen LogP contribution is -2.68. The second-order valence-corrected chi connectivity index (χ2v) is 23.7. The molecule has 1 N–H and O–H groups in total. The van der Waals surface area contributed by atoms with Gasteiger partial charge in [-0.3, -0.25) is 0 Å². The van der Waals surface area contributed by atoms with Crippen LogP contribution in [0.15, 0.2) is 82.3 Å². The zero-order chi connectivity index (χ0) is 31.5. The molecule has 6 rings (SSSR count). The number of rotatable bonds is 6. The largest absolute Gasteiger partial charge is 0.401 e. The van der Waals surface area contributed by atoms with E-state index in [-0.39, 0.29) is 26.8 Å². The number of hydrogen-bond donors (Lipinski definition) is 1. The topological polar surface area (TPSA) is 29.5 Å². The first-order chi connectivity index (χ1) is 20.8. The smallest absolute Gasteiger partial charge is 0.261 e. The first-order valence-corrected chi connectivity index (χ1v) is 21.0. The van der Waals surface area contributed by atoms with Crippen molar-refractivity contribution in [3.63, 3.8) is 0 Å². The van der Waals surface area contributed by atoms with Crippen molar-refractivity contribution in [1.82, 2.24) is 0 Å². The average Bonchev–Trinajstić information content (AvgIpc) is 3.27. The van der Waals surface area contributed by atoms with Crippen molar-refractivity contribution < 1.29 is 9.53 Å². The van der Waals surface area contributed by atoms with E-state index >= 15 is 0 Å². The standard InChI is InChI=1S/C38H49Br3O2Si/c1-35(2,3)44(28-12-8-6-9-13-28,29-14-10-7-11-15-29)43-27-18-21-36(4)26(24-27)16-17-30-31(36)19-22-37(5)32(30)20-23-38(37,42)33(39)25-34(40)41/h6-15,18,21,25-27,30-33,42H,16-17,19-20,22-24H2,1-5H3/t26?,27?,30-,31+,32+,33?,36+,37+,38-/m1/s1. The number of alkyl halides is 1. The third kappa shape index (κ3) is 5.28. The summed E-state index contributed by atoms with van der Waals surface area (Å²) in [7, 11) is -2.61. The van der Waals surface area contributed by atoms with Crippen LogP contribution in [0.4, 0.5) is 0 Å². The highest BCUT2D eigenvalue weighted by Crippen LogP contribution is 2.68. The zero-order valence-corrected chi connectivity index (χ0v) is 32.7. The van der Waals surface area contributed by atoms with Crippen molar-refractivity contribution in [3.8, 4) is 0 Å². The Bertz CT molecular complexity index is 1350. The summed E-state index contributed by atoms with van der Waals surface area (Å²) in [5.41, 5.74) is -0.627. The Kier molecular flexibility index (Phi) is 9.25. The molecule has 0 bridgehead atoms. The maximum atomic E-state index is 12.2. The minimum atomic E-state index is -2.61. The van der Waals surface area contributed by atoms with Crippen LogP contribution < -0.4 is 10.4 Å². The SMILES string of the molecule is CC(C)(C)[Si](OC1C=C[C@@]2(C)C(CC[C@@H]3[C@@H]2CC[C@@]2(C)[C@H]3CC[C@@]2(O)C(Br)C=C(Br)Br)C1)(c1ccccc1)c1ccccc1. The van der Waals surface area contributed by atoms with Gasteiger partial charge >= 0.3 is 0 Å². The molecule has 4 aliphatic carbocycles. The van der Waals surface area contributed by atoms with E-state index in [0.717, 1.165) is 29.1 Å². The molecule has 0 aromatic heterocycles. The van der Waals surface area contributed by atoms with Gasteiger partial charge in [0.2, 0.25) is 0 Å². The van der Waals surface area contributed by atoms with Gasteiger partial charge in [-0.15, -0.1) is 0 Å². The summed E-state index contributed by atoms with van der Waals surface area (Å²) < 4.78 is 8.52. The molecule has 6 heteroatoms. The Morgan fingerprint density at radius 3 is 2.07 bits per heavy atom. The van der Waals surface area contributed by atoms with E-state index in [0.29, 0.717) is 23.7 Å². The van der Waals surface area contributed by atoms with Crippen LogP contribution in [0.5, 0.6) is 0 Å². The van der Waals surface area contributed by atoms with Crippen molar-refractivity contribution in [2.75, 3.05) is 0 Å². The molecule has 3 fully saturated rings. The lowest BCUT2D eigenvalue weighted by molar-refractivity contribution is -0.135. The fraction of sp³-hybridized carbons (Fsp3) is 0.579. The summed E-state index contributed by atoms with van der Waals surface area (Å²) in [6.07, 6.45) is 15.1. The quantitative estimate of drug-likeness (QED) is 0.179. The molecule has 0 spiro atoms. The fourth-order valence-corrected chi connectivity index (χ4v) is 17.4. The Morgan fingerprint density at radius 2 is 1.50 bits per heavy atom. The molecule has 3 saturated carbocycles. The molecule has 3 unspecified atom stereocenters. The first kappa shape index (κ1) is 33.4. The van der Waals surface area contributed by atoms with Crippen molar-refractivity contribution in [3.05, 3.63) is 82.3 Å². The van der Waals surface area contributed by atoms with Gasteiger partial charge < -0.3 is 9.53 Å². The van der Waals surface area contributed by atoms with Crippen LogP contribution >= 0.6 is 47.8 Å². The van der Waals surface area contributed by atoms with Gasteiger partial charge in [-0.25, -0.2) is 0 Å². The molecule has 0 aliphatic heterocycles. The summed E-state index contributed by atoms with van der Waals surface area (Å²) >= 11 is 10.9. The number of hydrogen-bond acceptors (Lipinski definition) is 2. The molecular formula is C38H49Br3O2Si. The molecule has 0 saturated heterocycles. The summed E-state index contributed by atoms with van der Waals surface area (Å²) in [5.74, 6) is 2.52. The van der Waals surface area contributed by atoms with Crippen LogP contribution in [0.25, 0.3) is 0 Å². The molecule has 2 aromatic carbocycles. The van der Waals surface area contributed by atoms with Gasteiger partial charge in [-0.2, -0.15) is 0 Å². The van der Waals surface area contributed by atoms with Crippen molar-refractivity contribution in [2.24, 2.45) is 34.5 Å². The van der Waals surface area contributed by atoms with Gasteiger partial charge in [0.05, 0.1) is 19.9 Å². The van der Waals surface area contributed by atoms with Gasteiger partial charge in [0.25, 0.3) is 8.32 Å². The molecule has 238 valence electrons. The Labute approximate surface area is 292 Å². The summed E-state index contributed by atoms with van der Waals surface area (Å²) in [6, 6.07) is 22.2. The summed E-state index contributed by atoms with van der Waals surface area (Å²) in [5, 5.41) is 14.9. The highest BCUT2D eigenvalue weighted by Gasteiger charge is 2.66. The number of halogens is 3. The number of fused-ring (bicyclic) bond motifs is 5. The van der Waals surface area contributed by atoms with Crippen LogP contribution in [0.1, 0.15) is 79.6 Å². The predicted molar refractivity (Wildman–Crippen MR) is 198 cm³/mol. The van der Waals surface area contributed by atoms with Crippen LogP contribution in [-0.2, 0) is 4.43 Å². The molecular weight excluding hydrogens is 756 g/mol. The summed E-state index contributed by atoms with van der Waals surface area (Å²) in [4.78, 5) is -0.0730. The predicted octanol–water partition coefficient (Wildman–Crippen LogP) is 9.88. The molecule has 0 heterocycles. The highest BCUT2D eigenvalue weighted by atomic mass is 79.9. The van der Waals surface area contributed by atoms with E-state index < -0.39 is 13.9 Å². The molecule has 0 radical (unpaired) electrons. The highest BCUT2D eigenvalue weighted by molar-refractivity contribution is 9.28. The zero-order valence-electron chi connectivity index (χ0n) is 26.9. The van der Waals surface area contributed by atoms with E-state index in [1.165, 1.54) is 29.6 Å². The van der Waals surface area contributed by atoms with Gasteiger partial charge in [-0.1, -0.05) is 123 Å². The lowest BCUT2D eigenvalue weighted by Gasteiger charge is -2.61. The lowest BCUT2D eigenvalue weighted by atomic mass is 9.45. The van der Waals surface area contributed by atoms with E-state index in [2.05, 4.69) is 161 Å². The number of aliphatic hydroxyl groups is 1. The number of benzene rings is 2. The second kappa shape index (κ2) is 12.2. The number of allylic oxidation sites excluding steroid dienone is 1. The maximum Gasteiger partial charge on any atom is 0.261 e. The normalized spacial score (nSPS) is 37.4. The van der Waals surface area contributed by atoms with E-state index in [4.69, 9.17) is 4.43 Å². The second-order valence-electron chi connectivity index (χ2n) is 15.7.